The first-order valence-electron chi connectivity index (χ1n) is 8.97. The van der Waals surface area contributed by atoms with Crippen molar-refractivity contribution in [3.8, 4) is 0 Å². The quantitative estimate of drug-likeness (QED) is 0.887. The van der Waals surface area contributed by atoms with Crippen LogP contribution in [-0.2, 0) is 11.8 Å². The molecule has 3 rings (SSSR count). The van der Waals surface area contributed by atoms with E-state index in [-0.39, 0.29) is 11.9 Å². The fourth-order valence-electron chi connectivity index (χ4n) is 3.79. The molecule has 2 N–H and O–H groups in total. The molecule has 1 aromatic carbocycles. The van der Waals surface area contributed by atoms with Crippen molar-refractivity contribution in [1.82, 2.24) is 20.2 Å². The van der Waals surface area contributed by atoms with Crippen molar-refractivity contribution >= 4 is 16.9 Å². The maximum absolute atomic E-state index is 12.4. The zero-order valence-corrected chi connectivity index (χ0v) is 14.9. The van der Waals surface area contributed by atoms with Gasteiger partial charge in [0.1, 0.15) is 5.82 Å². The van der Waals surface area contributed by atoms with Gasteiger partial charge in [-0.2, -0.15) is 0 Å². The summed E-state index contributed by atoms with van der Waals surface area (Å²) in [5.74, 6) is 2.11. The van der Waals surface area contributed by atoms with Gasteiger partial charge in [-0.15, -0.1) is 0 Å². The number of hydrogen-bond acceptors (Lipinski definition) is 3. The molecule has 2 heterocycles. The standard InChI is InChI=1S/C19H28N4O/c1-13(15-8-10-20-11-9-15)12-18(24)21-14(2)19-22-16-6-4-5-7-17(16)23(19)3/h4-7,13-15,20H,8-12H2,1-3H3,(H,21,24). The summed E-state index contributed by atoms with van der Waals surface area (Å²) in [6.45, 7) is 6.36. The predicted octanol–water partition coefficient (Wildman–Crippen LogP) is 2.78. The SMILES string of the molecule is CC(NC(=O)CC(C)C1CCNCC1)c1nc2ccccc2n1C. The van der Waals surface area contributed by atoms with Gasteiger partial charge in [-0.3, -0.25) is 4.79 Å². The molecule has 1 fully saturated rings. The van der Waals surface area contributed by atoms with Gasteiger partial charge in [0.15, 0.2) is 0 Å². The Morgan fingerprint density at radius 2 is 2.04 bits per heavy atom. The van der Waals surface area contributed by atoms with Crippen LogP contribution in [0.25, 0.3) is 11.0 Å². The second-order valence-electron chi connectivity index (χ2n) is 7.08. The predicted molar refractivity (Wildman–Crippen MR) is 96.6 cm³/mol. The third-order valence-corrected chi connectivity index (χ3v) is 5.28. The minimum absolute atomic E-state index is 0.0878. The molecule has 1 aliphatic heterocycles. The van der Waals surface area contributed by atoms with Crippen LogP contribution in [0.3, 0.4) is 0 Å². The van der Waals surface area contributed by atoms with E-state index >= 15 is 0 Å². The van der Waals surface area contributed by atoms with Crippen LogP contribution in [-0.4, -0.2) is 28.5 Å². The van der Waals surface area contributed by atoms with E-state index in [0.717, 1.165) is 29.9 Å². The number of hydrogen-bond donors (Lipinski definition) is 2. The number of aryl methyl sites for hydroxylation is 1. The Hall–Kier alpha value is -1.88. The number of benzene rings is 1. The topological polar surface area (TPSA) is 59.0 Å². The average Bonchev–Trinajstić information content (AvgIpc) is 2.93. The first-order valence-corrected chi connectivity index (χ1v) is 8.97. The van der Waals surface area contributed by atoms with Crippen LogP contribution in [0.4, 0.5) is 0 Å². The summed E-state index contributed by atoms with van der Waals surface area (Å²) in [7, 11) is 2.00. The maximum atomic E-state index is 12.4. The number of carbonyl (C=O) groups is 1. The van der Waals surface area contributed by atoms with Crippen molar-refractivity contribution in [3.05, 3.63) is 30.1 Å². The van der Waals surface area contributed by atoms with Crippen LogP contribution >= 0.6 is 0 Å². The van der Waals surface area contributed by atoms with E-state index in [0.29, 0.717) is 18.3 Å². The molecule has 0 radical (unpaired) electrons. The third kappa shape index (κ3) is 3.61. The van der Waals surface area contributed by atoms with Gasteiger partial charge in [0, 0.05) is 13.5 Å². The minimum atomic E-state index is -0.0878. The zero-order valence-electron chi connectivity index (χ0n) is 14.9. The summed E-state index contributed by atoms with van der Waals surface area (Å²) in [5.41, 5.74) is 2.07. The summed E-state index contributed by atoms with van der Waals surface area (Å²) in [4.78, 5) is 17.1. The minimum Gasteiger partial charge on any atom is -0.346 e. The normalized spacial score (nSPS) is 18.5. The van der Waals surface area contributed by atoms with Gasteiger partial charge < -0.3 is 15.2 Å². The van der Waals surface area contributed by atoms with Gasteiger partial charge >= 0.3 is 0 Å². The molecule has 5 nitrogen and oxygen atoms in total. The van der Waals surface area contributed by atoms with E-state index in [1.165, 1.54) is 12.8 Å². The molecule has 0 spiro atoms. The Morgan fingerprint density at radius 1 is 1.33 bits per heavy atom. The number of nitrogens with zero attached hydrogens (tertiary/aromatic N) is 2. The second kappa shape index (κ2) is 7.34. The molecular formula is C19H28N4O. The monoisotopic (exact) mass is 328 g/mol. The average molecular weight is 328 g/mol. The number of carbonyl (C=O) groups excluding carboxylic acids is 1. The zero-order chi connectivity index (χ0) is 17.1. The highest BCUT2D eigenvalue weighted by atomic mass is 16.1. The summed E-state index contributed by atoms with van der Waals surface area (Å²) in [6.07, 6.45) is 2.95. The molecule has 2 unspecified atom stereocenters. The smallest absolute Gasteiger partial charge is 0.220 e. The molecule has 2 aromatic rings. The van der Waals surface area contributed by atoms with E-state index in [4.69, 9.17) is 0 Å². The molecule has 1 aromatic heterocycles. The van der Waals surface area contributed by atoms with E-state index < -0.39 is 0 Å². The summed E-state index contributed by atoms with van der Waals surface area (Å²) in [6, 6.07) is 7.97. The van der Waals surface area contributed by atoms with Crippen LogP contribution in [0.15, 0.2) is 24.3 Å². The molecular weight excluding hydrogens is 300 g/mol. The van der Waals surface area contributed by atoms with E-state index in [2.05, 4.69) is 33.2 Å². The van der Waals surface area contributed by atoms with E-state index in [9.17, 15) is 4.79 Å². The van der Waals surface area contributed by atoms with Crippen LogP contribution in [0.1, 0.15) is 45.0 Å². The molecule has 24 heavy (non-hydrogen) atoms. The Bertz CT molecular complexity index is 702. The lowest BCUT2D eigenvalue weighted by Gasteiger charge is -2.28. The van der Waals surface area contributed by atoms with Crippen LogP contribution in [0.5, 0.6) is 0 Å². The van der Waals surface area contributed by atoms with Crippen molar-refractivity contribution < 1.29 is 4.79 Å². The maximum Gasteiger partial charge on any atom is 0.220 e. The number of aromatic nitrogens is 2. The number of amides is 1. The van der Waals surface area contributed by atoms with Gasteiger partial charge in [0.25, 0.3) is 0 Å². The lowest BCUT2D eigenvalue weighted by atomic mass is 9.84. The fourth-order valence-corrected chi connectivity index (χ4v) is 3.79. The van der Waals surface area contributed by atoms with E-state index in [1.807, 2.05) is 32.2 Å². The fraction of sp³-hybridized carbons (Fsp3) is 0.579. The summed E-state index contributed by atoms with van der Waals surface area (Å²) < 4.78 is 2.07. The van der Waals surface area contributed by atoms with Gasteiger partial charge in [-0.05, 0) is 56.8 Å². The van der Waals surface area contributed by atoms with Gasteiger partial charge in [0.05, 0.1) is 17.1 Å². The lowest BCUT2D eigenvalue weighted by Crippen LogP contribution is -2.34. The number of nitrogens with one attached hydrogen (secondary N) is 2. The highest BCUT2D eigenvalue weighted by Gasteiger charge is 2.23. The Morgan fingerprint density at radius 3 is 2.75 bits per heavy atom. The van der Waals surface area contributed by atoms with Gasteiger partial charge in [0.2, 0.25) is 5.91 Å². The van der Waals surface area contributed by atoms with Crippen LogP contribution in [0.2, 0.25) is 0 Å². The largest absolute Gasteiger partial charge is 0.346 e. The highest BCUT2D eigenvalue weighted by molar-refractivity contribution is 5.78. The Kier molecular flexibility index (Phi) is 5.19. The molecule has 5 heteroatoms. The molecule has 1 aliphatic rings. The molecule has 0 aliphatic carbocycles. The molecule has 130 valence electrons. The number of fused-ring (bicyclic) bond motifs is 1. The summed E-state index contributed by atoms with van der Waals surface area (Å²) in [5, 5.41) is 6.51. The third-order valence-electron chi connectivity index (χ3n) is 5.28. The molecule has 0 saturated carbocycles. The number of imidazole rings is 1. The Balaban J connectivity index is 1.61. The molecule has 1 saturated heterocycles. The van der Waals surface area contributed by atoms with Gasteiger partial charge in [-0.1, -0.05) is 19.1 Å². The van der Waals surface area contributed by atoms with Crippen LogP contribution in [0, 0.1) is 11.8 Å². The summed E-state index contributed by atoms with van der Waals surface area (Å²) >= 11 is 0. The molecule has 0 bridgehead atoms. The molecule has 2 atom stereocenters. The Labute approximate surface area is 143 Å². The van der Waals surface area contributed by atoms with Crippen molar-refractivity contribution in [2.75, 3.05) is 13.1 Å². The van der Waals surface area contributed by atoms with Crippen molar-refractivity contribution in [1.29, 1.82) is 0 Å². The first kappa shape index (κ1) is 17.0. The number of rotatable bonds is 5. The van der Waals surface area contributed by atoms with Crippen molar-refractivity contribution in [2.45, 2.75) is 39.2 Å². The number of para-hydroxylation sites is 2. The molecule has 1 amide bonds. The second-order valence-corrected chi connectivity index (χ2v) is 7.08. The lowest BCUT2D eigenvalue weighted by molar-refractivity contribution is -0.123. The highest BCUT2D eigenvalue weighted by Crippen LogP contribution is 2.25. The van der Waals surface area contributed by atoms with Crippen LogP contribution < -0.4 is 10.6 Å². The van der Waals surface area contributed by atoms with Crippen molar-refractivity contribution in [2.24, 2.45) is 18.9 Å². The van der Waals surface area contributed by atoms with E-state index in [1.54, 1.807) is 0 Å². The first-order chi connectivity index (χ1) is 11.6. The van der Waals surface area contributed by atoms with Crippen molar-refractivity contribution in [3.63, 3.8) is 0 Å². The number of piperidine rings is 1. The van der Waals surface area contributed by atoms with Gasteiger partial charge in [-0.25, -0.2) is 4.98 Å².